The maximum atomic E-state index is 13.8. The molecular formula is C41H53N7O6. The first-order valence-electron chi connectivity index (χ1n) is 18.7. The van der Waals surface area contributed by atoms with Gasteiger partial charge in [0.05, 0.1) is 49.6 Å². The van der Waals surface area contributed by atoms with Gasteiger partial charge in [0.1, 0.15) is 23.3 Å². The molecule has 4 aromatic rings. The van der Waals surface area contributed by atoms with Gasteiger partial charge in [-0.1, -0.05) is 69.3 Å². The van der Waals surface area contributed by atoms with Crippen LogP contribution in [0.2, 0.25) is 0 Å². The van der Waals surface area contributed by atoms with Gasteiger partial charge in [-0.25, -0.2) is 19.6 Å². The first-order chi connectivity index (χ1) is 25.7. The van der Waals surface area contributed by atoms with Crippen molar-refractivity contribution in [1.82, 2.24) is 35.1 Å². The Bertz CT molecular complexity index is 1910. The number of carbonyl (C=O) groups excluding carboxylic acids is 3. The van der Waals surface area contributed by atoms with Crippen LogP contribution >= 0.6 is 0 Å². The molecular weight excluding hydrogens is 686 g/mol. The molecule has 4 heterocycles. The van der Waals surface area contributed by atoms with E-state index in [1.165, 1.54) is 7.11 Å². The summed E-state index contributed by atoms with van der Waals surface area (Å²) < 4.78 is 15.9. The molecule has 5 atom stereocenters. The fourth-order valence-corrected chi connectivity index (χ4v) is 7.48. The minimum Gasteiger partial charge on any atom is -0.453 e. The zero-order valence-electron chi connectivity index (χ0n) is 32.5. The molecule has 0 radical (unpaired) electrons. The Hall–Kier alpha value is -5.17. The van der Waals surface area contributed by atoms with E-state index in [4.69, 9.17) is 19.2 Å². The SMILES string of the molecule is COC[C@H]1C[C@@H](c2ncc(-c3ccc(-c4ccc(-c5cnc(C6CC(C)CN6C(=O)OC(C)(C)C)[nH]5)cc4)cc3)[nH]2)N(C(=O)[C@@H](NC(=O)OC)C(C)C)C1. The van der Waals surface area contributed by atoms with Crippen LogP contribution in [-0.4, -0.2) is 93.4 Å². The summed E-state index contributed by atoms with van der Waals surface area (Å²) in [7, 11) is 2.95. The summed E-state index contributed by atoms with van der Waals surface area (Å²) in [5.74, 6) is 1.63. The molecule has 6 rings (SSSR count). The Morgan fingerprint density at radius 3 is 1.81 bits per heavy atom. The molecule has 0 saturated carbocycles. The van der Waals surface area contributed by atoms with Crippen LogP contribution < -0.4 is 5.32 Å². The molecule has 13 nitrogen and oxygen atoms in total. The minimum absolute atomic E-state index is 0.134. The molecule has 2 unspecified atom stereocenters. The summed E-state index contributed by atoms with van der Waals surface area (Å²) in [6.07, 6.45) is 4.19. The summed E-state index contributed by atoms with van der Waals surface area (Å²) >= 11 is 0. The number of imidazole rings is 2. The lowest BCUT2D eigenvalue weighted by Crippen LogP contribution is -2.51. The topological polar surface area (TPSA) is 155 Å². The summed E-state index contributed by atoms with van der Waals surface area (Å²) in [5, 5.41) is 2.71. The number of nitrogens with zero attached hydrogens (tertiary/aromatic N) is 4. The van der Waals surface area contributed by atoms with Gasteiger partial charge in [-0.05, 0) is 67.7 Å². The molecule has 3 amide bonds. The van der Waals surface area contributed by atoms with E-state index >= 15 is 0 Å². The van der Waals surface area contributed by atoms with Crippen LogP contribution in [0, 0.1) is 17.8 Å². The maximum absolute atomic E-state index is 13.8. The first-order valence-corrected chi connectivity index (χ1v) is 18.7. The van der Waals surface area contributed by atoms with Gasteiger partial charge in [0.15, 0.2) is 0 Å². The highest BCUT2D eigenvalue weighted by Crippen LogP contribution is 2.38. The summed E-state index contributed by atoms with van der Waals surface area (Å²) in [4.78, 5) is 58.8. The van der Waals surface area contributed by atoms with Crippen LogP contribution in [0.4, 0.5) is 9.59 Å². The average Bonchev–Trinajstić information content (AvgIpc) is 3.96. The van der Waals surface area contributed by atoms with Crippen molar-refractivity contribution >= 4 is 18.1 Å². The maximum Gasteiger partial charge on any atom is 0.410 e. The Balaban J connectivity index is 1.14. The van der Waals surface area contributed by atoms with Crippen molar-refractivity contribution < 1.29 is 28.6 Å². The lowest BCUT2D eigenvalue weighted by Gasteiger charge is -2.30. The molecule has 2 fully saturated rings. The predicted octanol–water partition coefficient (Wildman–Crippen LogP) is 7.37. The molecule has 2 aromatic heterocycles. The predicted molar refractivity (Wildman–Crippen MR) is 205 cm³/mol. The number of amides is 3. The smallest absolute Gasteiger partial charge is 0.410 e. The number of H-pyrrole nitrogens is 2. The number of hydrogen-bond acceptors (Lipinski definition) is 8. The zero-order valence-corrected chi connectivity index (χ0v) is 32.5. The standard InChI is InChI=1S/C41H53N7O6/c1-24(2)35(46-39(50)53-8)38(49)47-22-26(23-52-7)18-34(47)37-43-20-32(45-37)30-15-11-28(12-16-30)27-9-13-29(14-10-27)31-19-42-36(44-31)33-17-25(3)21-48(33)40(51)54-41(4,5)6/h9-16,19-20,24-26,33-35H,17-18,21-23H2,1-8H3,(H,42,44)(H,43,45)(H,46,50)/t25?,26-,33?,34-,35-/m0/s1. The van der Waals surface area contributed by atoms with Crippen molar-refractivity contribution in [2.24, 2.45) is 17.8 Å². The molecule has 13 heteroatoms. The highest BCUT2D eigenvalue weighted by atomic mass is 16.6. The van der Waals surface area contributed by atoms with E-state index < -0.39 is 17.7 Å². The molecule has 2 aliphatic rings. The number of ether oxygens (including phenoxy) is 3. The van der Waals surface area contributed by atoms with Gasteiger partial charge in [-0.2, -0.15) is 0 Å². The molecule has 54 heavy (non-hydrogen) atoms. The lowest BCUT2D eigenvalue weighted by atomic mass is 10.0. The Morgan fingerprint density at radius 1 is 0.815 bits per heavy atom. The van der Waals surface area contributed by atoms with Crippen LogP contribution in [0.5, 0.6) is 0 Å². The van der Waals surface area contributed by atoms with Gasteiger partial charge in [-0.15, -0.1) is 0 Å². The molecule has 0 aliphatic carbocycles. The van der Waals surface area contributed by atoms with Gasteiger partial charge >= 0.3 is 12.2 Å². The molecule has 3 N–H and O–H groups in total. The van der Waals surface area contributed by atoms with E-state index in [1.807, 2.05) is 40.8 Å². The minimum atomic E-state index is -0.730. The van der Waals surface area contributed by atoms with Gasteiger partial charge in [0.2, 0.25) is 5.91 Å². The fourth-order valence-electron chi connectivity index (χ4n) is 7.48. The number of aromatic amines is 2. The Labute approximate surface area is 317 Å². The van der Waals surface area contributed by atoms with Crippen molar-refractivity contribution in [2.75, 3.05) is 33.9 Å². The van der Waals surface area contributed by atoms with E-state index in [0.717, 1.165) is 45.9 Å². The zero-order chi connectivity index (χ0) is 38.7. The summed E-state index contributed by atoms with van der Waals surface area (Å²) in [6.45, 7) is 13.2. The second-order valence-electron chi connectivity index (χ2n) is 15.9. The molecule has 0 bridgehead atoms. The quantitative estimate of drug-likeness (QED) is 0.152. The van der Waals surface area contributed by atoms with Crippen LogP contribution in [0.25, 0.3) is 33.6 Å². The third-order valence-electron chi connectivity index (χ3n) is 10.2. The van der Waals surface area contributed by atoms with E-state index in [9.17, 15) is 14.4 Å². The Morgan fingerprint density at radius 2 is 1.33 bits per heavy atom. The summed E-state index contributed by atoms with van der Waals surface area (Å²) in [6, 6.07) is 15.4. The number of likely N-dealkylation sites (tertiary alicyclic amines) is 2. The second-order valence-corrected chi connectivity index (χ2v) is 15.9. The van der Waals surface area contributed by atoms with E-state index in [-0.39, 0.29) is 35.9 Å². The monoisotopic (exact) mass is 739 g/mol. The van der Waals surface area contributed by atoms with Crippen molar-refractivity contribution in [3.8, 4) is 33.6 Å². The number of aromatic nitrogens is 4. The van der Waals surface area contributed by atoms with Gasteiger partial charge < -0.3 is 34.4 Å². The normalized spacial score (nSPS) is 20.7. The van der Waals surface area contributed by atoms with Crippen LogP contribution in [0.3, 0.4) is 0 Å². The van der Waals surface area contributed by atoms with Crippen molar-refractivity contribution in [3.63, 3.8) is 0 Å². The number of carbonyl (C=O) groups is 3. The van der Waals surface area contributed by atoms with E-state index in [2.05, 4.69) is 75.7 Å². The van der Waals surface area contributed by atoms with E-state index in [0.29, 0.717) is 37.9 Å². The highest BCUT2D eigenvalue weighted by Gasteiger charge is 2.42. The molecule has 2 aromatic carbocycles. The number of hydrogen-bond donors (Lipinski definition) is 3. The van der Waals surface area contributed by atoms with Gasteiger partial charge in [-0.3, -0.25) is 9.69 Å². The van der Waals surface area contributed by atoms with Crippen molar-refractivity contribution in [1.29, 1.82) is 0 Å². The van der Waals surface area contributed by atoms with Crippen molar-refractivity contribution in [3.05, 3.63) is 72.6 Å². The molecule has 2 aliphatic heterocycles. The summed E-state index contributed by atoms with van der Waals surface area (Å²) in [5.41, 5.74) is 5.28. The first kappa shape index (κ1) is 38.6. The molecule has 2 saturated heterocycles. The third kappa shape index (κ3) is 8.62. The van der Waals surface area contributed by atoms with Crippen molar-refractivity contribution in [2.45, 2.75) is 78.1 Å². The van der Waals surface area contributed by atoms with E-state index in [1.54, 1.807) is 23.1 Å². The third-order valence-corrected chi connectivity index (χ3v) is 10.2. The van der Waals surface area contributed by atoms with Crippen LogP contribution in [0.1, 0.15) is 78.1 Å². The van der Waals surface area contributed by atoms with Crippen LogP contribution in [0.15, 0.2) is 60.9 Å². The number of alkyl carbamates (subject to hydrolysis) is 1. The molecule has 288 valence electrons. The number of benzene rings is 2. The van der Waals surface area contributed by atoms with Gasteiger partial charge in [0, 0.05) is 26.1 Å². The highest BCUT2D eigenvalue weighted by molar-refractivity contribution is 5.86. The molecule has 0 spiro atoms. The average molecular weight is 740 g/mol. The second kappa shape index (κ2) is 16.1. The number of rotatable bonds is 10. The number of methoxy groups -OCH3 is 2. The largest absolute Gasteiger partial charge is 0.453 e. The lowest BCUT2D eigenvalue weighted by molar-refractivity contribution is -0.135. The number of nitrogens with one attached hydrogen (secondary N) is 3. The Kier molecular flexibility index (Phi) is 11.5. The van der Waals surface area contributed by atoms with Crippen LogP contribution in [-0.2, 0) is 19.0 Å². The van der Waals surface area contributed by atoms with Gasteiger partial charge in [0.25, 0.3) is 0 Å². The fraction of sp³-hybridized carbons (Fsp3) is 0.488.